The third kappa shape index (κ3) is 2.47. The highest BCUT2D eigenvalue weighted by Crippen LogP contribution is 2.20. The number of carbonyl (C=O) groups is 1. The van der Waals surface area contributed by atoms with Gasteiger partial charge in [0.1, 0.15) is 0 Å². The van der Waals surface area contributed by atoms with Crippen LogP contribution in [0.4, 0.5) is 0 Å². The van der Waals surface area contributed by atoms with Crippen LogP contribution in [0.25, 0.3) is 10.9 Å². The second-order valence-corrected chi connectivity index (χ2v) is 6.26. The van der Waals surface area contributed by atoms with Crippen LogP contribution in [0, 0.1) is 13.8 Å². The maximum absolute atomic E-state index is 12.2. The van der Waals surface area contributed by atoms with Gasteiger partial charge in [-0.1, -0.05) is 0 Å². The van der Waals surface area contributed by atoms with E-state index in [1.165, 1.54) is 15.3 Å². The molecule has 0 aliphatic carbocycles. The zero-order valence-electron chi connectivity index (χ0n) is 11.5. The van der Waals surface area contributed by atoms with Gasteiger partial charge in [-0.05, 0) is 49.7 Å². The number of thiophene rings is 1. The Balaban J connectivity index is 1.72. The summed E-state index contributed by atoms with van der Waals surface area (Å²) in [5.41, 5.74) is 3.03. The molecule has 0 radical (unpaired) electrons. The van der Waals surface area contributed by atoms with Gasteiger partial charge in [-0.15, -0.1) is 11.3 Å². The first-order chi connectivity index (χ1) is 9.63. The summed E-state index contributed by atoms with van der Waals surface area (Å²) in [5.74, 6) is -0.0307. The summed E-state index contributed by atoms with van der Waals surface area (Å²) in [6.45, 7) is 4.78. The van der Waals surface area contributed by atoms with E-state index in [1.54, 1.807) is 11.3 Å². The van der Waals surface area contributed by atoms with E-state index in [-0.39, 0.29) is 5.91 Å². The van der Waals surface area contributed by atoms with E-state index in [0.29, 0.717) is 12.1 Å². The molecule has 0 bridgehead atoms. The number of hydrogen-bond acceptors (Lipinski definition) is 2. The number of aromatic nitrogens is 1. The standard InChI is InChI=1S/C16H16N2OS/c1-10-7-14(20-11(10)2)9-18-16(19)13-3-4-15-12(8-13)5-6-17-15/h3-8,17H,9H2,1-2H3,(H,18,19). The Morgan fingerprint density at radius 2 is 2.10 bits per heavy atom. The third-order valence-corrected chi connectivity index (χ3v) is 4.61. The van der Waals surface area contributed by atoms with Crippen molar-refractivity contribution in [3.8, 4) is 0 Å². The summed E-state index contributed by atoms with van der Waals surface area (Å²) in [5, 5.41) is 4.03. The Bertz CT molecular complexity index is 750. The van der Waals surface area contributed by atoms with Crippen LogP contribution >= 0.6 is 11.3 Å². The van der Waals surface area contributed by atoms with Gasteiger partial charge in [0.15, 0.2) is 0 Å². The molecule has 2 heterocycles. The second-order valence-electron chi connectivity index (χ2n) is 4.91. The molecule has 2 aromatic heterocycles. The first kappa shape index (κ1) is 12.9. The van der Waals surface area contributed by atoms with Crippen LogP contribution in [-0.4, -0.2) is 10.9 Å². The molecule has 0 saturated heterocycles. The molecule has 3 nitrogen and oxygen atoms in total. The molecule has 0 atom stereocenters. The lowest BCUT2D eigenvalue weighted by Gasteiger charge is -2.04. The number of nitrogens with one attached hydrogen (secondary N) is 2. The highest BCUT2D eigenvalue weighted by atomic mass is 32.1. The largest absolute Gasteiger partial charge is 0.361 e. The fourth-order valence-corrected chi connectivity index (χ4v) is 3.19. The predicted octanol–water partition coefficient (Wildman–Crippen LogP) is 3.78. The van der Waals surface area contributed by atoms with E-state index >= 15 is 0 Å². The third-order valence-electron chi connectivity index (χ3n) is 3.46. The zero-order valence-corrected chi connectivity index (χ0v) is 12.3. The number of amides is 1. The molecule has 0 unspecified atom stereocenters. The van der Waals surface area contributed by atoms with Crippen molar-refractivity contribution in [1.82, 2.24) is 10.3 Å². The van der Waals surface area contributed by atoms with Gasteiger partial charge in [-0.25, -0.2) is 0 Å². The Morgan fingerprint density at radius 3 is 2.85 bits per heavy atom. The van der Waals surface area contributed by atoms with Crippen molar-refractivity contribution in [2.24, 2.45) is 0 Å². The van der Waals surface area contributed by atoms with Gasteiger partial charge in [-0.2, -0.15) is 0 Å². The van der Waals surface area contributed by atoms with Crippen LogP contribution in [-0.2, 0) is 6.54 Å². The topological polar surface area (TPSA) is 44.9 Å². The molecule has 0 saturated carbocycles. The fourth-order valence-electron chi connectivity index (χ4n) is 2.20. The van der Waals surface area contributed by atoms with Gasteiger partial charge < -0.3 is 10.3 Å². The van der Waals surface area contributed by atoms with Gasteiger partial charge in [0.2, 0.25) is 0 Å². The zero-order chi connectivity index (χ0) is 14.1. The predicted molar refractivity (Wildman–Crippen MR) is 83.3 cm³/mol. The van der Waals surface area contributed by atoms with Crippen molar-refractivity contribution >= 4 is 28.1 Å². The number of hydrogen-bond donors (Lipinski definition) is 2. The number of aryl methyl sites for hydroxylation is 2. The van der Waals surface area contributed by atoms with Crippen LogP contribution in [0.5, 0.6) is 0 Å². The number of H-pyrrole nitrogens is 1. The van der Waals surface area contributed by atoms with Crippen molar-refractivity contribution in [1.29, 1.82) is 0 Å². The van der Waals surface area contributed by atoms with Crippen molar-refractivity contribution < 1.29 is 4.79 Å². The maximum Gasteiger partial charge on any atom is 0.251 e. The monoisotopic (exact) mass is 284 g/mol. The number of aromatic amines is 1. The van der Waals surface area contributed by atoms with Gasteiger partial charge >= 0.3 is 0 Å². The minimum Gasteiger partial charge on any atom is -0.361 e. The van der Waals surface area contributed by atoms with Crippen molar-refractivity contribution in [2.75, 3.05) is 0 Å². The quantitative estimate of drug-likeness (QED) is 0.755. The van der Waals surface area contributed by atoms with Crippen LogP contribution in [0.1, 0.15) is 25.7 Å². The first-order valence-electron chi connectivity index (χ1n) is 6.55. The number of carbonyl (C=O) groups excluding carboxylic acids is 1. The Labute approximate surface area is 121 Å². The van der Waals surface area contributed by atoms with E-state index in [4.69, 9.17) is 0 Å². The molecule has 0 aliphatic heterocycles. The molecule has 3 rings (SSSR count). The fraction of sp³-hybridized carbons (Fsp3) is 0.188. The average Bonchev–Trinajstić information content (AvgIpc) is 3.02. The Hall–Kier alpha value is -2.07. The molecule has 4 heteroatoms. The van der Waals surface area contributed by atoms with E-state index < -0.39 is 0 Å². The van der Waals surface area contributed by atoms with Crippen molar-refractivity contribution in [2.45, 2.75) is 20.4 Å². The molecule has 3 aromatic rings. The maximum atomic E-state index is 12.2. The molecule has 2 N–H and O–H groups in total. The SMILES string of the molecule is Cc1cc(CNC(=O)c2ccc3[nH]ccc3c2)sc1C. The molecular formula is C16H16N2OS. The highest BCUT2D eigenvalue weighted by molar-refractivity contribution is 7.12. The molecule has 0 aliphatic rings. The molecule has 1 aromatic carbocycles. The molecule has 0 spiro atoms. The Kier molecular flexibility index (Phi) is 3.32. The molecule has 0 fully saturated rings. The number of benzene rings is 1. The lowest BCUT2D eigenvalue weighted by atomic mass is 10.1. The average molecular weight is 284 g/mol. The Morgan fingerprint density at radius 1 is 1.25 bits per heavy atom. The normalized spacial score (nSPS) is 10.9. The van der Waals surface area contributed by atoms with Crippen molar-refractivity contribution in [3.05, 3.63) is 57.4 Å². The lowest BCUT2D eigenvalue weighted by molar-refractivity contribution is 0.0951. The summed E-state index contributed by atoms with van der Waals surface area (Å²) in [7, 11) is 0. The molecule has 20 heavy (non-hydrogen) atoms. The number of rotatable bonds is 3. The highest BCUT2D eigenvalue weighted by Gasteiger charge is 2.08. The van der Waals surface area contributed by atoms with Gasteiger partial charge in [0, 0.05) is 32.4 Å². The lowest BCUT2D eigenvalue weighted by Crippen LogP contribution is -2.22. The van der Waals surface area contributed by atoms with Gasteiger partial charge in [0.05, 0.1) is 6.54 Å². The molecule has 102 valence electrons. The van der Waals surface area contributed by atoms with E-state index in [2.05, 4.69) is 30.2 Å². The van der Waals surface area contributed by atoms with Crippen LogP contribution in [0.15, 0.2) is 36.5 Å². The van der Waals surface area contributed by atoms with Gasteiger partial charge in [-0.3, -0.25) is 4.79 Å². The molecule has 1 amide bonds. The molecular weight excluding hydrogens is 268 g/mol. The minimum absolute atomic E-state index is 0.0307. The minimum atomic E-state index is -0.0307. The second kappa shape index (κ2) is 5.13. The summed E-state index contributed by atoms with van der Waals surface area (Å²) in [6.07, 6.45) is 1.88. The van der Waals surface area contributed by atoms with E-state index in [1.807, 2.05) is 30.5 Å². The van der Waals surface area contributed by atoms with Crippen LogP contribution in [0.3, 0.4) is 0 Å². The summed E-state index contributed by atoms with van der Waals surface area (Å²) >= 11 is 1.74. The van der Waals surface area contributed by atoms with Gasteiger partial charge in [0.25, 0.3) is 5.91 Å². The number of fused-ring (bicyclic) bond motifs is 1. The van der Waals surface area contributed by atoms with E-state index in [9.17, 15) is 4.79 Å². The van der Waals surface area contributed by atoms with Crippen molar-refractivity contribution in [3.63, 3.8) is 0 Å². The van der Waals surface area contributed by atoms with Crippen LogP contribution < -0.4 is 5.32 Å². The smallest absolute Gasteiger partial charge is 0.251 e. The van der Waals surface area contributed by atoms with Crippen LogP contribution in [0.2, 0.25) is 0 Å². The summed E-state index contributed by atoms with van der Waals surface area (Å²) in [4.78, 5) is 17.8. The first-order valence-corrected chi connectivity index (χ1v) is 7.36. The summed E-state index contributed by atoms with van der Waals surface area (Å²) < 4.78 is 0. The summed E-state index contributed by atoms with van der Waals surface area (Å²) in [6, 6.07) is 9.79. The van der Waals surface area contributed by atoms with E-state index in [0.717, 1.165) is 10.9 Å².